The van der Waals surface area contributed by atoms with E-state index in [1.165, 1.54) is 14.1 Å². The summed E-state index contributed by atoms with van der Waals surface area (Å²) in [5, 5.41) is 0. The maximum Gasteiger partial charge on any atom is 0.406 e. The van der Waals surface area contributed by atoms with E-state index >= 15 is 0 Å². The molecule has 0 fully saturated rings. The van der Waals surface area contributed by atoms with Crippen molar-refractivity contribution in [2.75, 3.05) is 27.2 Å². The first-order chi connectivity index (χ1) is 6.28. The maximum absolute atomic E-state index is 12.0. The number of carbonyl (C=O) groups is 1. The van der Waals surface area contributed by atoms with Crippen molar-refractivity contribution >= 4 is 6.03 Å². The molecular formula is C8H15F3N2O. The Kier molecular flexibility index (Phi) is 4.73. The zero-order valence-electron chi connectivity index (χ0n) is 8.56. The van der Waals surface area contributed by atoms with Crippen molar-refractivity contribution in [1.82, 2.24) is 9.80 Å². The van der Waals surface area contributed by atoms with Crippen LogP contribution in [0.15, 0.2) is 0 Å². The summed E-state index contributed by atoms with van der Waals surface area (Å²) in [5.41, 5.74) is 0. The first-order valence-corrected chi connectivity index (χ1v) is 4.31. The molecule has 2 amide bonds. The highest BCUT2D eigenvalue weighted by Crippen LogP contribution is 2.17. The number of halogens is 3. The van der Waals surface area contributed by atoms with Crippen LogP contribution in [0.3, 0.4) is 0 Å². The minimum atomic E-state index is -4.33. The predicted octanol–water partition coefficient (Wildman–Crippen LogP) is 1.94. The first-order valence-electron chi connectivity index (χ1n) is 4.31. The molecule has 0 radical (unpaired) electrons. The fraction of sp³-hybridized carbons (Fsp3) is 0.875. The summed E-state index contributed by atoms with van der Waals surface area (Å²) in [6.07, 6.45) is -3.82. The maximum atomic E-state index is 12.0. The van der Waals surface area contributed by atoms with Gasteiger partial charge in [-0.15, -0.1) is 0 Å². The molecule has 6 heteroatoms. The normalized spacial score (nSPS) is 11.3. The molecule has 0 aliphatic carbocycles. The van der Waals surface area contributed by atoms with Gasteiger partial charge in [-0.25, -0.2) is 4.79 Å². The first kappa shape index (κ1) is 13.1. The SMILES string of the molecule is CCCN(CC(F)(F)F)C(=O)N(C)C. The van der Waals surface area contributed by atoms with Crippen LogP contribution in [0.5, 0.6) is 0 Å². The van der Waals surface area contributed by atoms with Crippen LogP contribution < -0.4 is 0 Å². The van der Waals surface area contributed by atoms with Crippen LogP contribution in [0.4, 0.5) is 18.0 Å². The Bertz CT molecular complexity index is 192. The minimum absolute atomic E-state index is 0.122. The lowest BCUT2D eigenvalue weighted by Gasteiger charge is -2.26. The molecule has 0 aromatic carbocycles. The summed E-state index contributed by atoms with van der Waals surface area (Å²) < 4.78 is 36.1. The molecule has 0 heterocycles. The Hall–Kier alpha value is -0.940. The standard InChI is InChI=1S/C8H15F3N2O/c1-4-5-13(6-8(9,10)11)7(14)12(2)3/h4-6H2,1-3H3. The van der Waals surface area contributed by atoms with E-state index in [4.69, 9.17) is 0 Å². The van der Waals surface area contributed by atoms with Crippen molar-refractivity contribution in [3.05, 3.63) is 0 Å². The fourth-order valence-electron chi connectivity index (χ4n) is 1.01. The highest BCUT2D eigenvalue weighted by atomic mass is 19.4. The van der Waals surface area contributed by atoms with Gasteiger partial charge in [-0.3, -0.25) is 0 Å². The van der Waals surface area contributed by atoms with Crippen molar-refractivity contribution in [3.8, 4) is 0 Å². The van der Waals surface area contributed by atoms with Gasteiger partial charge >= 0.3 is 12.2 Å². The third-order valence-corrected chi connectivity index (χ3v) is 1.52. The van der Waals surface area contributed by atoms with E-state index in [9.17, 15) is 18.0 Å². The van der Waals surface area contributed by atoms with Crippen LogP contribution in [0.25, 0.3) is 0 Å². The van der Waals surface area contributed by atoms with Gasteiger partial charge in [0.25, 0.3) is 0 Å². The van der Waals surface area contributed by atoms with Crippen molar-refractivity contribution in [1.29, 1.82) is 0 Å². The fourth-order valence-corrected chi connectivity index (χ4v) is 1.01. The highest BCUT2D eigenvalue weighted by molar-refractivity contribution is 5.73. The van der Waals surface area contributed by atoms with Crippen LogP contribution in [0.1, 0.15) is 13.3 Å². The van der Waals surface area contributed by atoms with Gasteiger partial charge in [0, 0.05) is 20.6 Å². The van der Waals surface area contributed by atoms with Crippen LogP contribution in [-0.4, -0.2) is 49.2 Å². The number of urea groups is 1. The number of alkyl halides is 3. The number of amides is 2. The summed E-state index contributed by atoms with van der Waals surface area (Å²) in [7, 11) is 2.86. The molecule has 0 aromatic heterocycles. The summed E-state index contributed by atoms with van der Waals surface area (Å²) in [5.74, 6) is 0. The van der Waals surface area contributed by atoms with Crippen LogP contribution in [0, 0.1) is 0 Å². The topological polar surface area (TPSA) is 23.6 Å². The van der Waals surface area contributed by atoms with E-state index in [1.54, 1.807) is 6.92 Å². The van der Waals surface area contributed by atoms with Crippen LogP contribution in [0.2, 0.25) is 0 Å². The largest absolute Gasteiger partial charge is 0.406 e. The smallest absolute Gasteiger partial charge is 0.331 e. The molecule has 14 heavy (non-hydrogen) atoms. The lowest BCUT2D eigenvalue weighted by molar-refractivity contribution is -0.140. The minimum Gasteiger partial charge on any atom is -0.331 e. The lowest BCUT2D eigenvalue weighted by atomic mass is 10.4. The van der Waals surface area contributed by atoms with Gasteiger partial charge < -0.3 is 9.80 Å². The van der Waals surface area contributed by atoms with Crippen LogP contribution in [-0.2, 0) is 0 Å². The van der Waals surface area contributed by atoms with Gasteiger partial charge in [0.15, 0.2) is 0 Å². The summed E-state index contributed by atoms with van der Waals surface area (Å²) in [6, 6.07) is -0.607. The summed E-state index contributed by atoms with van der Waals surface area (Å²) in [6.45, 7) is 0.667. The van der Waals surface area contributed by atoms with Crippen molar-refractivity contribution in [2.24, 2.45) is 0 Å². The molecule has 0 saturated carbocycles. The highest BCUT2D eigenvalue weighted by Gasteiger charge is 2.33. The van der Waals surface area contributed by atoms with E-state index in [1.807, 2.05) is 0 Å². The second-order valence-corrected chi connectivity index (χ2v) is 3.21. The van der Waals surface area contributed by atoms with E-state index in [0.717, 1.165) is 9.80 Å². The second kappa shape index (κ2) is 5.07. The Morgan fingerprint density at radius 3 is 2.07 bits per heavy atom. The molecule has 0 atom stereocenters. The Balaban J connectivity index is 4.36. The summed E-state index contributed by atoms with van der Waals surface area (Å²) >= 11 is 0. The van der Waals surface area contributed by atoms with Crippen LogP contribution >= 0.6 is 0 Å². The van der Waals surface area contributed by atoms with Gasteiger partial charge in [0.1, 0.15) is 6.54 Å². The predicted molar refractivity (Wildman–Crippen MR) is 47.0 cm³/mol. The quantitative estimate of drug-likeness (QED) is 0.701. The molecule has 0 N–H and O–H groups in total. The number of hydrogen-bond acceptors (Lipinski definition) is 1. The molecule has 0 bridgehead atoms. The number of carbonyl (C=O) groups excluding carboxylic acids is 1. The lowest BCUT2D eigenvalue weighted by Crippen LogP contribution is -2.44. The molecule has 0 saturated heterocycles. The van der Waals surface area contributed by atoms with E-state index in [2.05, 4.69) is 0 Å². The van der Waals surface area contributed by atoms with Gasteiger partial charge in [-0.05, 0) is 6.42 Å². The van der Waals surface area contributed by atoms with Crippen molar-refractivity contribution < 1.29 is 18.0 Å². The zero-order valence-corrected chi connectivity index (χ0v) is 8.56. The van der Waals surface area contributed by atoms with E-state index < -0.39 is 18.8 Å². The van der Waals surface area contributed by atoms with E-state index in [0.29, 0.717) is 6.42 Å². The molecule has 0 aliphatic rings. The van der Waals surface area contributed by atoms with Gasteiger partial charge in [-0.2, -0.15) is 13.2 Å². The number of nitrogens with zero attached hydrogens (tertiary/aromatic N) is 2. The average molecular weight is 212 g/mol. The molecule has 0 rings (SSSR count). The second-order valence-electron chi connectivity index (χ2n) is 3.21. The third-order valence-electron chi connectivity index (χ3n) is 1.52. The van der Waals surface area contributed by atoms with Gasteiger partial charge in [0.05, 0.1) is 0 Å². The Morgan fingerprint density at radius 2 is 1.79 bits per heavy atom. The van der Waals surface area contributed by atoms with Crippen molar-refractivity contribution in [2.45, 2.75) is 19.5 Å². The molecular weight excluding hydrogens is 197 g/mol. The molecule has 84 valence electrons. The monoisotopic (exact) mass is 212 g/mol. The Labute approximate surface area is 81.5 Å². The summed E-state index contributed by atoms with van der Waals surface area (Å²) in [4.78, 5) is 13.2. The molecule has 3 nitrogen and oxygen atoms in total. The molecule has 0 unspecified atom stereocenters. The number of rotatable bonds is 3. The number of hydrogen-bond donors (Lipinski definition) is 0. The zero-order chi connectivity index (χ0) is 11.4. The Morgan fingerprint density at radius 1 is 1.29 bits per heavy atom. The van der Waals surface area contributed by atoms with Gasteiger partial charge in [-0.1, -0.05) is 6.92 Å². The van der Waals surface area contributed by atoms with Gasteiger partial charge in [0.2, 0.25) is 0 Å². The third kappa shape index (κ3) is 4.94. The molecule has 0 aliphatic heterocycles. The average Bonchev–Trinajstić information content (AvgIpc) is 1.99. The molecule has 0 spiro atoms. The van der Waals surface area contributed by atoms with Crippen molar-refractivity contribution in [3.63, 3.8) is 0 Å². The van der Waals surface area contributed by atoms with E-state index in [-0.39, 0.29) is 6.54 Å². The molecule has 0 aromatic rings.